The van der Waals surface area contributed by atoms with E-state index in [0.717, 1.165) is 36.3 Å². The average molecular weight is 359 g/mol. The molecular formula is C22H30O2S. The van der Waals surface area contributed by atoms with Crippen molar-refractivity contribution >= 4 is 17.7 Å². The Labute approximate surface area is 156 Å². The van der Waals surface area contributed by atoms with Gasteiger partial charge in [0.2, 0.25) is 0 Å². The van der Waals surface area contributed by atoms with E-state index in [-0.39, 0.29) is 0 Å². The van der Waals surface area contributed by atoms with E-state index in [1.54, 1.807) is 30.0 Å². The fourth-order valence-electron chi connectivity index (χ4n) is 2.34. The Bertz CT molecular complexity index is 650. The quantitative estimate of drug-likeness (QED) is 0.365. The molecule has 0 aromatic heterocycles. The van der Waals surface area contributed by atoms with Crippen molar-refractivity contribution in [2.45, 2.75) is 58.3 Å². The van der Waals surface area contributed by atoms with Gasteiger partial charge in [-0.15, -0.1) is 11.8 Å². The molecule has 1 aromatic rings. The highest BCUT2D eigenvalue weighted by Gasteiger charge is 2.02. The maximum absolute atomic E-state index is 11.0. The van der Waals surface area contributed by atoms with Crippen LogP contribution in [-0.2, 0) is 0 Å². The summed E-state index contributed by atoms with van der Waals surface area (Å²) in [7, 11) is 0. The van der Waals surface area contributed by atoms with Crippen molar-refractivity contribution < 1.29 is 9.90 Å². The molecule has 136 valence electrons. The van der Waals surface area contributed by atoms with Gasteiger partial charge in [-0.05, 0) is 71.6 Å². The Kier molecular flexibility index (Phi) is 10.0. The molecule has 0 unspecified atom stereocenters. The first-order valence-corrected chi connectivity index (χ1v) is 9.78. The molecule has 0 amide bonds. The van der Waals surface area contributed by atoms with Crippen molar-refractivity contribution in [1.82, 2.24) is 0 Å². The van der Waals surface area contributed by atoms with Crippen LogP contribution in [0.1, 0.15) is 63.7 Å². The maximum atomic E-state index is 11.0. The number of hydrogen-bond acceptors (Lipinski definition) is 2. The van der Waals surface area contributed by atoms with Gasteiger partial charge in [-0.3, -0.25) is 0 Å². The molecule has 0 radical (unpaired) electrons. The van der Waals surface area contributed by atoms with Crippen LogP contribution in [-0.4, -0.2) is 16.8 Å². The molecule has 0 aliphatic heterocycles. The molecule has 0 atom stereocenters. The summed E-state index contributed by atoms with van der Waals surface area (Å²) >= 11 is 1.67. The molecule has 0 heterocycles. The lowest BCUT2D eigenvalue weighted by molar-refractivity contribution is 0.0696. The highest BCUT2D eigenvalue weighted by molar-refractivity contribution is 7.99. The third-order valence-electron chi connectivity index (χ3n) is 3.89. The van der Waals surface area contributed by atoms with Gasteiger partial charge in [0.1, 0.15) is 0 Å². The number of carboxylic acid groups (broad SMARTS) is 1. The Morgan fingerprint density at radius 3 is 2.28 bits per heavy atom. The van der Waals surface area contributed by atoms with Gasteiger partial charge in [-0.1, -0.05) is 41.0 Å². The second-order valence-corrected chi connectivity index (χ2v) is 7.70. The van der Waals surface area contributed by atoms with E-state index in [1.807, 2.05) is 6.07 Å². The van der Waals surface area contributed by atoms with Crippen LogP contribution in [0, 0.1) is 0 Å². The fourth-order valence-corrected chi connectivity index (χ4v) is 3.28. The predicted octanol–water partition coefficient (Wildman–Crippen LogP) is 6.90. The van der Waals surface area contributed by atoms with E-state index >= 15 is 0 Å². The lowest BCUT2D eigenvalue weighted by Crippen LogP contribution is -1.95. The van der Waals surface area contributed by atoms with Crippen LogP contribution in [0.5, 0.6) is 0 Å². The first-order chi connectivity index (χ1) is 11.9. The molecule has 0 aliphatic carbocycles. The first kappa shape index (κ1) is 21.3. The van der Waals surface area contributed by atoms with Crippen LogP contribution in [0.2, 0.25) is 0 Å². The first-order valence-electron chi connectivity index (χ1n) is 8.79. The smallest absolute Gasteiger partial charge is 0.335 e. The molecule has 0 aliphatic rings. The third kappa shape index (κ3) is 9.98. The lowest BCUT2D eigenvalue weighted by atomic mass is 10.1. The van der Waals surface area contributed by atoms with Crippen LogP contribution >= 0.6 is 11.8 Å². The Morgan fingerprint density at radius 1 is 1.00 bits per heavy atom. The molecule has 0 fully saturated rings. The SMILES string of the molecule is CC(C)=CCC/C(C)=C/CC/C(C)=C/CSc1cccc(C(=O)O)c1. The van der Waals surface area contributed by atoms with E-state index < -0.39 is 5.97 Å². The van der Waals surface area contributed by atoms with Crippen molar-refractivity contribution in [2.75, 3.05) is 5.75 Å². The van der Waals surface area contributed by atoms with Gasteiger partial charge in [0.15, 0.2) is 0 Å². The summed E-state index contributed by atoms with van der Waals surface area (Å²) in [5.74, 6) is -0.000962. The minimum atomic E-state index is -0.874. The van der Waals surface area contributed by atoms with E-state index in [2.05, 4.69) is 45.9 Å². The highest BCUT2D eigenvalue weighted by Crippen LogP contribution is 2.20. The minimum absolute atomic E-state index is 0.347. The molecular weight excluding hydrogens is 328 g/mol. The Balaban J connectivity index is 2.35. The Hall–Kier alpha value is -1.74. The summed E-state index contributed by atoms with van der Waals surface area (Å²) in [5.41, 5.74) is 4.58. The highest BCUT2D eigenvalue weighted by atomic mass is 32.2. The van der Waals surface area contributed by atoms with Gasteiger partial charge in [-0.25, -0.2) is 4.79 Å². The summed E-state index contributed by atoms with van der Waals surface area (Å²) in [5, 5.41) is 9.02. The van der Waals surface area contributed by atoms with Gasteiger partial charge in [0.05, 0.1) is 5.56 Å². The van der Waals surface area contributed by atoms with Crippen LogP contribution in [0.25, 0.3) is 0 Å². The molecule has 1 rings (SSSR count). The van der Waals surface area contributed by atoms with E-state index in [4.69, 9.17) is 5.11 Å². The number of carbonyl (C=O) groups is 1. The van der Waals surface area contributed by atoms with Gasteiger partial charge in [0, 0.05) is 10.6 Å². The summed E-state index contributed by atoms with van der Waals surface area (Å²) in [6, 6.07) is 7.11. The number of benzene rings is 1. The van der Waals surface area contributed by atoms with Crippen LogP contribution in [0.4, 0.5) is 0 Å². The van der Waals surface area contributed by atoms with Crippen molar-refractivity contribution in [3.63, 3.8) is 0 Å². The second-order valence-electron chi connectivity index (χ2n) is 6.60. The number of hydrogen-bond donors (Lipinski definition) is 1. The van der Waals surface area contributed by atoms with E-state index in [9.17, 15) is 4.79 Å². The largest absolute Gasteiger partial charge is 0.478 e. The molecule has 0 saturated carbocycles. The summed E-state index contributed by atoms with van der Waals surface area (Å²) in [6.45, 7) is 8.66. The summed E-state index contributed by atoms with van der Waals surface area (Å²) < 4.78 is 0. The zero-order valence-corrected chi connectivity index (χ0v) is 16.7. The van der Waals surface area contributed by atoms with Gasteiger partial charge in [0.25, 0.3) is 0 Å². The molecule has 0 saturated heterocycles. The average Bonchev–Trinajstić information content (AvgIpc) is 2.54. The second kappa shape index (κ2) is 11.8. The van der Waals surface area contributed by atoms with Crippen molar-refractivity contribution in [3.8, 4) is 0 Å². The zero-order chi connectivity index (χ0) is 18.7. The number of rotatable bonds is 10. The van der Waals surface area contributed by atoms with Crippen molar-refractivity contribution in [3.05, 3.63) is 64.8 Å². The monoisotopic (exact) mass is 358 g/mol. The van der Waals surface area contributed by atoms with Gasteiger partial charge < -0.3 is 5.11 Å². The molecule has 0 bridgehead atoms. The van der Waals surface area contributed by atoms with Crippen LogP contribution < -0.4 is 0 Å². The number of carboxylic acids is 1. The topological polar surface area (TPSA) is 37.3 Å². The fraction of sp³-hybridized carbons (Fsp3) is 0.409. The lowest BCUT2D eigenvalue weighted by Gasteiger charge is -2.03. The zero-order valence-electron chi connectivity index (χ0n) is 15.8. The van der Waals surface area contributed by atoms with Crippen LogP contribution in [0.15, 0.2) is 64.1 Å². The van der Waals surface area contributed by atoms with Crippen LogP contribution in [0.3, 0.4) is 0 Å². The van der Waals surface area contributed by atoms with Crippen molar-refractivity contribution in [2.24, 2.45) is 0 Å². The minimum Gasteiger partial charge on any atom is -0.478 e. The molecule has 3 heteroatoms. The van der Waals surface area contributed by atoms with E-state index in [1.165, 1.54) is 16.7 Å². The van der Waals surface area contributed by atoms with Gasteiger partial charge >= 0.3 is 5.97 Å². The molecule has 0 spiro atoms. The van der Waals surface area contributed by atoms with E-state index in [0.29, 0.717) is 5.56 Å². The van der Waals surface area contributed by atoms with Crippen molar-refractivity contribution in [1.29, 1.82) is 0 Å². The molecule has 1 aromatic carbocycles. The predicted molar refractivity (Wildman–Crippen MR) is 110 cm³/mol. The number of aromatic carboxylic acids is 1. The molecule has 25 heavy (non-hydrogen) atoms. The maximum Gasteiger partial charge on any atom is 0.335 e. The number of thioether (sulfide) groups is 1. The Morgan fingerprint density at radius 2 is 1.64 bits per heavy atom. The third-order valence-corrected chi connectivity index (χ3v) is 4.81. The molecule has 2 nitrogen and oxygen atoms in total. The standard InChI is InChI=1S/C22H30O2S/c1-17(2)8-5-9-18(3)10-6-11-19(4)14-15-25-21-13-7-12-20(16-21)22(23)24/h7-8,10,12-14,16H,5-6,9,11,15H2,1-4H3,(H,23,24)/b18-10+,19-14+. The molecule has 1 N–H and O–H groups in total. The summed E-state index contributed by atoms with van der Waals surface area (Å²) in [6.07, 6.45) is 11.3. The summed E-state index contributed by atoms with van der Waals surface area (Å²) in [4.78, 5) is 12.0. The number of allylic oxidation sites excluding steroid dienone is 5. The normalized spacial score (nSPS) is 12.2. The van der Waals surface area contributed by atoms with Gasteiger partial charge in [-0.2, -0.15) is 0 Å².